The van der Waals surface area contributed by atoms with Crippen LogP contribution in [-0.2, 0) is 26.7 Å². The van der Waals surface area contributed by atoms with Gasteiger partial charge in [-0.2, -0.15) is 5.10 Å². The van der Waals surface area contributed by atoms with E-state index >= 15 is 0 Å². The molecule has 1 N–H and O–H groups in total. The van der Waals surface area contributed by atoms with E-state index < -0.39 is 0 Å². The Morgan fingerprint density at radius 2 is 1.76 bits per heavy atom. The molecule has 0 atom stereocenters. The van der Waals surface area contributed by atoms with E-state index in [4.69, 9.17) is 9.47 Å². The second kappa shape index (κ2) is 11.4. The molecule has 37 heavy (non-hydrogen) atoms. The van der Waals surface area contributed by atoms with Crippen molar-refractivity contribution in [1.82, 2.24) is 24.9 Å². The maximum Gasteiger partial charge on any atom is 0.269 e. The van der Waals surface area contributed by atoms with Gasteiger partial charge in [-0.1, -0.05) is 36.4 Å². The van der Waals surface area contributed by atoms with Crippen LogP contribution in [0.1, 0.15) is 51.6 Å². The Morgan fingerprint density at radius 1 is 1.03 bits per heavy atom. The molecule has 8 nitrogen and oxygen atoms in total. The highest BCUT2D eigenvalue weighted by Gasteiger charge is 2.28. The lowest BCUT2D eigenvalue weighted by Crippen LogP contribution is -2.43. The van der Waals surface area contributed by atoms with Crippen LogP contribution in [-0.4, -0.2) is 65.8 Å². The van der Waals surface area contributed by atoms with Gasteiger partial charge in [0.25, 0.3) is 5.91 Å². The summed E-state index contributed by atoms with van der Waals surface area (Å²) in [7, 11) is 5.62. The molecular formula is C29H37N5O3. The first-order valence-corrected chi connectivity index (χ1v) is 13.1. The summed E-state index contributed by atoms with van der Waals surface area (Å²) in [5, 5.41) is 7.50. The molecule has 0 radical (unpaired) electrons. The van der Waals surface area contributed by atoms with Crippen LogP contribution in [0, 0.1) is 0 Å². The Bertz CT molecular complexity index is 1210. The quantitative estimate of drug-likeness (QED) is 0.456. The van der Waals surface area contributed by atoms with Crippen molar-refractivity contribution in [2.45, 2.75) is 38.5 Å². The summed E-state index contributed by atoms with van der Waals surface area (Å²) in [4.78, 5) is 17.7. The fourth-order valence-corrected chi connectivity index (χ4v) is 4.76. The second-order valence-electron chi connectivity index (χ2n) is 10.2. The van der Waals surface area contributed by atoms with Gasteiger partial charge in [0.2, 0.25) is 0 Å². The van der Waals surface area contributed by atoms with Crippen LogP contribution in [0.15, 0.2) is 48.5 Å². The molecule has 0 spiro atoms. The van der Waals surface area contributed by atoms with Crippen molar-refractivity contribution in [3.8, 4) is 11.5 Å². The predicted octanol–water partition coefficient (Wildman–Crippen LogP) is 3.56. The van der Waals surface area contributed by atoms with Gasteiger partial charge >= 0.3 is 0 Å². The van der Waals surface area contributed by atoms with Crippen molar-refractivity contribution in [3.05, 3.63) is 76.6 Å². The van der Waals surface area contributed by atoms with Crippen LogP contribution in [0.4, 0.5) is 0 Å². The highest BCUT2D eigenvalue weighted by atomic mass is 16.5. The van der Waals surface area contributed by atoms with Gasteiger partial charge in [-0.3, -0.25) is 14.4 Å². The summed E-state index contributed by atoms with van der Waals surface area (Å²) < 4.78 is 13.5. The third-order valence-electron chi connectivity index (χ3n) is 7.25. The first kappa shape index (κ1) is 25.3. The van der Waals surface area contributed by atoms with Crippen molar-refractivity contribution in [2.75, 3.05) is 40.3 Å². The van der Waals surface area contributed by atoms with Crippen LogP contribution < -0.4 is 14.8 Å². The Kier molecular flexibility index (Phi) is 7.76. The van der Waals surface area contributed by atoms with Crippen LogP contribution >= 0.6 is 0 Å². The Hall–Kier alpha value is -3.36. The number of amides is 1. The summed E-state index contributed by atoms with van der Waals surface area (Å²) in [6.45, 7) is 6.24. The minimum atomic E-state index is -0.146. The normalized spacial score (nSPS) is 16.5. The third-order valence-corrected chi connectivity index (χ3v) is 7.25. The van der Waals surface area contributed by atoms with Crippen molar-refractivity contribution >= 4 is 5.91 Å². The zero-order chi connectivity index (χ0) is 25.8. The zero-order valence-corrected chi connectivity index (χ0v) is 22.1. The number of hydrogen-bond donors (Lipinski definition) is 1. The van der Waals surface area contributed by atoms with Gasteiger partial charge < -0.3 is 19.7 Å². The van der Waals surface area contributed by atoms with Gasteiger partial charge in [0, 0.05) is 57.8 Å². The fourth-order valence-electron chi connectivity index (χ4n) is 4.76. The molecule has 2 aromatic carbocycles. The number of benzene rings is 2. The molecule has 1 amide bonds. The average Bonchev–Trinajstić information content (AvgIpc) is 3.69. The molecule has 196 valence electrons. The Labute approximate surface area is 219 Å². The van der Waals surface area contributed by atoms with Gasteiger partial charge in [0.05, 0.1) is 12.8 Å². The smallest absolute Gasteiger partial charge is 0.269 e. The lowest BCUT2D eigenvalue weighted by molar-refractivity contribution is 0.0941. The molecule has 3 aromatic rings. The van der Waals surface area contributed by atoms with Gasteiger partial charge in [-0.05, 0) is 43.1 Å². The second-order valence-corrected chi connectivity index (χ2v) is 10.2. The topological polar surface area (TPSA) is 71.9 Å². The largest absolute Gasteiger partial charge is 0.493 e. The van der Waals surface area contributed by atoms with E-state index in [9.17, 15) is 4.79 Å². The number of hydrogen-bond acceptors (Lipinski definition) is 6. The molecule has 0 bridgehead atoms. The number of methoxy groups -OCH3 is 1. The lowest BCUT2D eigenvalue weighted by atomic mass is 10.1. The van der Waals surface area contributed by atoms with Crippen LogP contribution in [0.5, 0.6) is 11.5 Å². The van der Waals surface area contributed by atoms with E-state index in [-0.39, 0.29) is 5.91 Å². The molecule has 2 fully saturated rings. The number of rotatable bonds is 10. The number of carbonyl (C=O) groups is 1. The number of nitrogens with one attached hydrogen (secondary N) is 1. The van der Waals surface area contributed by atoms with Gasteiger partial charge in [0.1, 0.15) is 12.3 Å². The molecule has 2 heterocycles. The van der Waals surface area contributed by atoms with E-state index in [0.717, 1.165) is 62.4 Å². The van der Waals surface area contributed by atoms with Crippen LogP contribution in [0.25, 0.3) is 0 Å². The molecule has 8 heteroatoms. The van der Waals surface area contributed by atoms with Crippen molar-refractivity contribution in [2.24, 2.45) is 7.05 Å². The Balaban J connectivity index is 1.17. The zero-order valence-electron chi connectivity index (χ0n) is 22.1. The minimum absolute atomic E-state index is 0.146. The Morgan fingerprint density at radius 3 is 2.46 bits per heavy atom. The summed E-state index contributed by atoms with van der Waals surface area (Å²) in [6.07, 6.45) is 2.31. The molecular weight excluding hydrogens is 466 g/mol. The highest BCUT2D eigenvalue weighted by molar-refractivity contribution is 5.92. The molecule has 1 aliphatic heterocycles. The average molecular weight is 504 g/mol. The molecule has 1 saturated carbocycles. The van der Waals surface area contributed by atoms with Crippen molar-refractivity contribution < 1.29 is 14.3 Å². The first-order chi connectivity index (χ1) is 18.0. The SMILES string of the molecule is COc1c(CNC(=O)c2cc(C3CC3)nn2C)cccc1OCc1ccc(CN2CCN(C)CC2)cc1. The summed E-state index contributed by atoms with van der Waals surface area (Å²) in [5.41, 5.74) is 4.87. The maximum atomic E-state index is 12.8. The van der Waals surface area contributed by atoms with Gasteiger partial charge in [-0.25, -0.2) is 0 Å². The van der Waals surface area contributed by atoms with E-state index in [1.807, 2.05) is 31.3 Å². The number of carbonyl (C=O) groups excluding carboxylic acids is 1. The van der Waals surface area contributed by atoms with E-state index in [2.05, 4.69) is 51.5 Å². The van der Waals surface area contributed by atoms with Gasteiger partial charge in [0.15, 0.2) is 11.5 Å². The number of nitrogens with zero attached hydrogens (tertiary/aromatic N) is 4. The van der Waals surface area contributed by atoms with E-state index in [1.165, 1.54) is 5.56 Å². The number of aromatic nitrogens is 2. The maximum absolute atomic E-state index is 12.8. The number of para-hydroxylation sites is 1. The number of likely N-dealkylation sites (N-methyl/N-ethyl adjacent to an activating group) is 1. The molecule has 1 aromatic heterocycles. The van der Waals surface area contributed by atoms with E-state index in [1.54, 1.807) is 11.8 Å². The summed E-state index contributed by atoms with van der Waals surface area (Å²) in [6, 6.07) is 16.3. The minimum Gasteiger partial charge on any atom is -0.493 e. The summed E-state index contributed by atoms with van der Waals surface area (Å²) >= 11 is 0. The standard InChI is InChI=1S/C29H37N5O3/c1-32-13-15-34(16-14-32)19-21-7-9-22(10-8-21)20-37-27-6-4-5-24(28(27)36-3)18-30-29(35)26-17-25(23-11-12-23)31-33(26)2/h4-10,17,23H,11-16,18-20H2,1-3H3,(H,30,35). The first-order valence-electron chi connectivity index (χ1n) is 13.1. The predicted molar refractivity (Wildman–Crippen MR) is 143 cm³/mol. The summed E-state index contributed by atoms with van der Waals surface area (Å²) in [5.74, 6) is 1.66. The number of aryl methyl sites for hydroxylation is 1. The van der Waals surface area contributed by atoms with Crippen molar-refractivity contribution in [1.29, 1.82) is 0 Å². The molecule has 2 aliphatic rings. The van der Waals surface area contributed by atoms with E-state index in [0.29, 0.717) is 36.3 Å². The monoisotopic (exact) mass is 503 g/mol. The highest BCUT2D eigenvalue weighted by Crippen LogP contribution is 2.39. The van der Waals surface area contributed by atoms with Crippen LogP contribution in [0.2, 0.25) is 0 Å². The lowest BCUT2D eigenvalue weighted by Gasteiger charge is -2.32. The molecule has 5 rings (SSSR count). The van der Waals surface area contributed by atoms with Crippen molar-refractivity contribution in [3.63, 3.8) is 0 Å². The number of piperazine rings is 1. The fraction of sp³-hybridized carbons (Fsp3) is 0.448. The number of ether oxygens (including phenoxy) is 2. The van der Waals surface area contributed by atoms with Crippen LogP contribution in [0.3, 0.4) is 0 Å². The van der Waals surface area contributed by atoms with Gasteiger partial charge in [-0.15, -0.1) is 0 Å². The molecule has 0 unspecified atom stereocenters. The molecule has 1 aliphatic carbocycles. The third kappa shape index (κ3) is 6.32. The molecule has 1 saturated heterocycles.